The predicted octanol–water partition coefficient (Wildman–Crippen LogP) is 5.36. The number of nitriles is 1. The topological polar surface area (TPSA) is 84.2 Å². The maximum absolute atomic E-state index is 12.8. The third-order valence-corrected chi connectivity index (χ3v) is 4.48. The highest BCUT2D eigenvalue weighted by Gasteiger charge is 2.14. The molecule has 1 heterocycles. The number of anilines is 1. The van der Waals surface area contributed by atoms with Crippen molar-refractivity contribution in [1.29, 1.82) is 5.26 Å². The summed E-state index contributed by atoms with van der Waals surface area (Å²) in [5.41, 5.74) is 1.98. The molecule has 0 atom stereocenters. The van der Waals surface area contributed by atoms with E-state index in [0.717, 1.165) is 23.7 Å². The van der Waals surface area contributed by atoms with E-state index >= 15 is 0 Å². The second-order valence-electron chi connectivity index (χ2n) is 6.90. The van der Waals surface area contributed by atoms with E-state index in [9.17, 15) is 10.1 Å². The van der Waals surface area contributed by atoms with Gasteiger partial charge in [-0.15, -0.1) is 0 Å². The minimum atomic E-state index is -0.494. The molecule has 0 aliphatic rings. The molecule has 2 aromatic carbocycles. The van der Waals surface area contributed by atoms with Crippen molar-refractivity contribution in [2.75, 3.05) is 18.5 Å². The van der Waals surface area contributed by atoms with E-state index < -0.39 is 5.91 Å². The summed E-state index contributed by atoms with van der Waals surface area (Å²) in [6.07, 6.45) is 4.97. The minimum Gasteiger partial charge on any atom is -0.493 e. The zero-order chi connectivity index (χ0) is 22.1. The van der Waals surface area contributed by atoms with Gasteiger partial charge in [-0.2, -0.15) is 5.26 Å². The van der Waals surface area contributed by atoms with Gasteiger partial charge in [0.1, 0.15) is 23.1 Å². The van der Waals surface area contributed by atoms with Gasteiger partial charge in [0.2, 0.25) is 0 Å². The van der Waals surface area contributed by atoms with Gasteiger partial charge in [0, 0.05) is 23.2 Å². The van der Waals surface area contributed by atoms with Crippen molar-refractivity contribution in [1.82, 2.24) is 4.98 Å². The molecule has 158 valence electrons. The van der Waals surface area contributed by atoms with E-state index in [4.69, 9.17) is 9.47 Å². The van der Waals surface area contributed by atoms with E-state index in [-0.39, 0.29) is 5.57 Å². The summed E-state index contributed by atoms with van der Waals surface area (Å²) in [6, 6.07) is 16.5. The van der Waals surface area contributed by atoms with Gasteiger partial charge in [-0.1, -0.05) is 19.9 Å². The second-order valence-corrected chi connectivity index (χ2v) is 6.90. The smallest absolute Gasteiger partial charge is 0.266 e. The monoisotopic (exact) mass is 415 g/mol. The summed E-state index contributed by atoms with van der Waals surface area (Å²) < 4.78 is 11.5. The number of carbonyl (C=O) groups excluding carboxylic acids is 1. The highest BCUT2D eigenvalue weighted by Crippen LogP contribution is 2.28. The van der Waals surface area contributed by atoms with Crippen molar-refractivity contribution in [3.8, 4) is 17.6 Å². The Bertz CT molecular complexity index is 1130. The summed E-state index contributed by atoms with van der Waals surface area (Å²) in [5, 5.41) is 13.3. The Kier molecular flexibility index (Phi) is 7.61. The molecule has 0 saturated heterocycles. The van der Waals surface area contributed by atoms with Gasteiger partial charge in [0.05, 0.1) is 24.4 Å². The number of fused-ring (bicyclic) bond motifs is 1. The summed E-state index contributed by atoms with van der Waals surface area (Å²) in [6.45, 7) is 5.18. The quantitative estimate of drug-likeness (QED) is 0.376. The predicted molar refractivity (Wildman–Crippen MR) is 122 cm³/mol. The average Bonchev–Trinajstić information content (AvgIpc) is 2.80. The lowest BCUT2D eigenvalue weighted by atomic mass is 10.1. The van der Waals surface area contributed by atoms with Crippen molar-refractivity contribution in [2.45, 2.75) is 26.7 Å². The van der Waals surface area contributed by atoms with Crippen molar-refractivity contribution >= 4 is 28.6 Å². The fourth-order valence-electron chi connectivity index (χ4n) is 2.99. The van der Waals surface area contributed by atoms with Crippen LogP contribution in [-0.2, 0) is 4.79 Å². The molecule has 0 fully saturated rings. The molecular formula is C25H25N3O3. The van der Waals surface area contributed by atoms with Crippen LogP contribution < -0.4 is 14.8 Å². The van der Waals surface area contributed by atoms with Gasteiger partial charge in [-0.05, 0) is 55.3 Å². The molecule has 1 aromatic heterocycles. The van der Waals surface area contributed by atoms with Crippen LogP contribution in [0.1, 0.15) is 32.3 Å². The van der Waals surface area contributed by atoms with Crippen LogP contribution in [0.3, 0.4) is 0 Å². The van der Waals surface area contributed by atoms with Crippen molar-refractivity contribution < 1.29 is 14.3 Å². The van der Waals surface area contributed by atoms with Gasteiger partial charge >= 0.3 is 0 Å². The molecule has 3 rings (SSSR count). The Labute approximate surface area is 182 Å². The van der Waals surface area contributed by atoms with Gasteiger partial charge in [-0.25, -0.2) is 0 Å². The molecule has 1 amide bonds. The molecular weight excluding hydrogens is 390 g/mol. The number of aromatic nitrogens is 1. The summed E-state index contributed by atoms with van der Waals surface area (Å²) >= 11 is 0. The SMILES string of the molecule is CCCOc1ccc(/C=C(\C#N)C(=O)Nc2cccc3ncccc23)c(OCCC)c1. The largest absolute Gasteiger partial charge is 0.493 e. The van der Waals surface area contributed by atoms with Crippen LogP contribution in [0.25, 0.3) is 17.0 Å². The van der Waals surface area contributed by atoms with Crippen LogP contribution in [0.5, 0.6) is 11.5 Å². The molecule has 0 radical (unpaired) electrons. The highest BCUT2D eigenvalue weighted by atomic mass is 16.5. The van der Waals surface area contributed by atoms with Crippen molar-refractivity contribution in [3.05, 3.63) is 65.9 Å². The summed E-state index contributed by atoms with van der Waals surface area (Å²) in [4.78, 5) is 17.1. The number of hydrogen-bond donors (Lipinski definition) is 1. The Morgan fingerprint density at radius 1 is 1.10 bits per heavy atom. The molecule has 0 bridgehead atoms. The lowest BCUT2D eigenvalue weighted by Crippen LogP contribution is -2.14. The second kappa shape index (κ2) is 10.8. The van der Waals surface area contributed by atoms with Crippen LogP contribution in [0.15, 0.2) is 60.3 Å². The number of carbonyl (C=O) groups is 1. The van der Waals surface area contributed by atoms with Gasteiger partial charge in [0.25, 0.3) is 5.91 Å². The number of hydrogen-bond acceptors (Lipinski definition) is 5. The standard InChI is InChI=1S/C25H25N3O3/c1-3-13-30-20-11-10-18(24(16-20)31-14-4-2)15-19(17-26)25(29)28-23-9-5-8-22-21(23)7-6-12-27-22/h5-12,15-16H,3-4,13-14H2,1-2H3,(H,28,29)/b19-15+. The molecule has 6 nitrogen and oxygen atoms in total. The Hall–Kier alpha value is -3.85. The number of nitrogens with zero attached hydrogens (tertiary/aromatic N) is 2. The van der Waals surface area contributed by atoms with E-state index in [1.165, 1.54) is 6.08 Å². The van der Waals surface area contributed by atoms with Crippen molar-refractivity contribution in [3.63, 3.8) is 0 Å². The fourth-order valence-corrected chi connectivity index (χ4v) is 2.99. The number of benzene rings is 2. The number of rotatable bonds is 9. The Morgan fingerprint density at radius 3 is 2.68 bits per heavy atom. The average molecular weight is 415 g/mol. The van der Waals surface area contributed by atoms with Crippen LogP contribution >= 0.6 is 0 Å². The zero-order valence-corrected chi connectivity index (χ0v) is 17.7. The molecule has 0 aliphatic carbocycles. The lowest BCUT2D eigenvalue weighted by Gasteiger charge is -2.12. The molecule has 31 heavy (non-hydrogen) atoms. The fraction of sp³-hybridized carbons (Fsp3) is 0.240. The van der Waals surface area contributed by atoms with E-state index in [1.807, 2.05) is 44.2 Å². The molecule has 0 saturated carbocycles. The zero-order valence-electron chi connectivity index (χ0n) is 17.7. The van der Waals surface area contributed by atoms with Gasteiger partial charge < -0.3 is 14.8 Å². The number of pyridine rings is 1. The van der Waals surface area contributed by atoms with E-state index in [1.54, 1.807) is 30.5 Å². The van der Waals surface area contributed by atoms with E-state index in [0.29, 0.717) is 36.0 Å². The maximum atomic E-state index is 12.8. The lowest BCUT2D eigenvalue weighted by molar-refractivity contribution is -0.112. The molecule has 0 unspecified atom stereocenters. The summed E-state index contributed by atoms with van der Waals surface area (Å²) in [5.74, 6) is 0.772. The maximum Gasteiger partial charge on any atom is 0.266 e. The first-order chi connectivity index (χ1) is 15.2. The summed E-state index contributed by atoms with van der Waals surface area (Å²) in [7, 11) is 0. The first-order valence-corrected chi connectivity index (χ1v) is 10.3. The first-order valence-electron chi connectivity index (χ1n) is 10.3. The normalized spacial score (nSPS) is 11.1. The third kappa shape index (κ3) is 5.61. The van der Waals surface area contributed by atoms with Crippen molar-refractivity contribution in [2.24, 2.45) is 0 Å². The highest BCUT2D eigenvalue weighted by molar-refractivity contribution is 6.12. The van der Waals surface area contributed by atoms with Crippen LogP contribution in [0.4, 0.5) is 5.69 Å². The molecule has 1 N–H and O–H groups in total. The van der Waals surface area contributed by atoms with Crippen LogP contribution in [0.2, 0.25) is 0 Å². The molecule has 3 aromatic rings. The first kappa shape index (κ1) is 21.8. The number of ether oxygens (including phenoxy) is 2. The molecule has 0 spiro atoms. The third-order valence-electron chi connectivity index (χ3n) is 4.48. The minimum absolute atomic E-state index is 0.0236. The van der Waals surface area contributed by atoms with Gasteiger partial charge in [-0.3, -0.25) is 9.78 Å². The van der Waals surface area contributed by atoms with E-state index in [2.05, 4.69) is 10.3 Å². The van der Waals surface area contributed by atoms with Gasteiger partial charge in [0.15, 0.2) is 0 Å². The van der Waals surface area contributed by atoms with Crippen LogP contribution in [-0.4, -0.2) is 24.1 Å². The Balaban J connectivity index is 1.89. The number of amides is 1. The molecule has 6 heteroatoms. The molecule has 0 aliphatic heterocycles. The number of nitrogens with one attached hydrogen (secondary N) is 1. The van der Waals surface area contributed by atoms with Crippen LogP contribution in [0, 0.1) is 11.3 Å². The Morgan fingerprint density at radius 2 is 1.90 bits per heavy atom.